The molecule has 1 atom stereocenters. The fraction of sp³-hybridized carbons (Fsp3) is 0.545. The van der Waals surface area contributed by atoms with Gasteiger partial charge < -0.3 is 10.1 Å². The van der Waals surface area contributed by atoms with Gasteiger partial charge >= 0.3 is 0 Å². The van der Waals surface area contributed by atoms with Gasteiger partial charge in [0.25, 0.3) is 0 Å². The van der Waals surface area contributed by atoms with E-state index in [1.54, 1.807) is 7.11 Å². The quantitative estimate of drug-likeness (QED) is 0.760. The number of nitrogens with zero attached hydrogens (tertiary/aromatic N) is 1. The van der Waals surface area contributed by atoms with Crippen LogP contribution in [0.25, 0.3) is 0 Å². The summed E-state index contributed by atoms with van der Waals surface area (Å²) in [4.78, 5) is 4.24. The second kappa shape index (κ2) is 2.70. The van der Waals surface area contributed by atoms with Crippen LogP contribution < -0.4 is 10.1 Å². The maximum atomic E-state index is 5.04. The first-order chi connectivity index (χ1) is 6.84. The zero-order valence-corrected chi connectivity index (χ0v) is 8.29. The summed E-state index contributed by atoms with van der Waals surface area (Å²) in [5.74, 6) is 1.44. The molecule has 1 aromatic rings. The highest BCUT2D eigenvalue weighted by Gasteiger charge is 2.58. The van der Waals surface area contributed by atoms with Crippen LogP contribution in [0.15, 0.2) is 18.3 Å². The van der Waals surface area contributed by atoms with Crippen molar-refractivity contribution in [2.75, 3.05) is 20.2 Å². The summed E-state index contributed by atoms with van der Waals surface area (Å²) in [6, 6.07) is 4.09. The number of rotatable bonds is 2. The molecule has 2 heterocycles. The van der Waals surface area contributed by atoms with Crippen molar-refractivity contribution in [2.45, 2.75) is 12.3 Å². The Hall–Kier alpha value is -1.09. The monoisotopic (exact) mass is 190 g/mol. The van der Waals surface area contributed by atoms with Gasteiger partial charge in [0.05, 0.1) is 7.11 Å². The summed E-state index contributed by atoms with van der Waals surface area (Å²) in [5.41, 5.74) is 1.96. The third kappa shape index (κ3) is 1.05. The molecule has 1 saturated carbocycles. The first-order valence-electron chi connectivity index (χ1n) is 5.05. The van der Waals surface area contributed by atoms with Crippen LogP contribution in [0.5, 0.6) is 5.88 Å². The standard InChI is InChI=1S/C11H14N2O/c1-14-10-3-2-8(5-13-10)9-4-11(9)6-12-7-11/h2-3,5,9,12H,4,6-7H2,1H3. The number of nitrogens with one attached hydrogen (secondary N) is 1. The molecular weight excluding hydrogens is 176 g/mol. The van der Waals surface area contributed by atoms with E-state index in [2.05, 4.69) is 16.4 Å². The molecule has 1 aliphatic heterocycles. The molecule has 1 N–H and O–H groups in total. The van der Waals surface area contributed by atoms with Crippen molar-refractivity contribution in [1.29, 1.82) is 0 Å². The van der Waals surface area contributed by atoms with Gasteiger partial charge in [-0.3, -0.25) is 0 Å². The van der Waals surface area contributed by atoms with Crippen LogP contribution in [0.2, 0.25) is 0 Å². The van der Waals surface area contributed by atoms with Gasteiger partial charge in [0.1, 0.15) is 0 Å². The number of pyridine rings is 1. The largest absolute Gasteiger partial charge is 0.481 e. The summed E-state index contributed by atoms with van der Waals surface area (Å²) in [7, 11) is 1.65. The van der Waals surface area contributed by atoms with Crippen molar-refractivity contribution in [3.63, 3.8) is 0 Å². The first kappa shape index (κ1) is 8.24. The Balaban J connectivity index is 1.78. The highest BCUT2D eigenvalue weighted by atomic mass is 16.5. The lowest BCUT2D eigenvalue weighted by atomic mass is 9.94. The molecule has 2 fully saturated rings. The Kier molecular flexibility index (Phi) is 1.59. The van der Waals surface area contributed by atoms with Gasteiger partial charge in [-0.15, -0.1) is 0 Å². The lowest BCUT2D eigenvalue weighted by molar-refractivity contribution is 0.312. The second-order valence-corrected chi connectivity index (χ2v) is 4.36. The summed E-state index contributed by atoms with van der Waals surface area (Å²) < 4.78 is 5.04. The van der Waals surface area contributed by atoms with Crippen molar-refractivity contribution < 1.29 is 4.74 Å². The predicted molar refractivity (Wildman–Crippen MR) is 53.4 cm³/mol. The van der Waals surface area contributed by atoms with Crippen LogP contribution in [0.4, 0.5) is 0 Å². The molecule has 2 aliphatic rings. The van der Waals surface area contributed by atoms with Crippen LogP contribution in [0.3, 0.4) is 0 Å². The molecule has 1 aromatic heterocycles. The van der Waals surface area contributed by atoms with Crippen LogP contribution in [0.1, 0.15) is 17.9 Å². The third-order valence-electron chi connectivity index (χ3n) is 3.51. The van der Waals surface area contributed by atoms with E-state index in [0.29, 0.717) is 11.3 Å². The number of hydrogen-bond acceptors (Lipinski definition) is 3. The topological polar surface area (TPSA) is 34.1 Å². The summed E-state index contributed by atoms with van der Waals surface area (Å²) >= 11 is 0. The van der Waals surface area contributed by atoms with Crippen molar-refractivity contribution in [2.24, 2.45) is 5.41 Å². The van der Waals surface area contributed by atoms with E-state index in [1.807, 2.05) is 12.3 Å². The predicted octanol–water partition coefficient (Wildman–Crippen LogP) is 1.17. The van der Waals surface area contributed by atoms with Crippen LogP contribution in [0, 0.1) is 5.41 Å². The Morgan fingerprint density at radius 3 is 2.79 bits per heavy atom. The molecule has 3 nitrogen and oxygen atoms in total. The van der Waals surface area contributed by atoms with E-state index in [0.717, 1.165) is 5.92 Å². The van der Waals surface area contributed by atoms with Crippen molar-refractivity contribution in [1.82, 2.24) is 10.3 Å². The molecule has 1 saturated heterocycles. The van der Waals surface area contributed by atoms with E-state index in [9.17, 15) is 0 Å². The Bertz CT molecular complexity index is 343. The lowest BCUT2D eigenvalue weighted by Crippen LogP contribution is -2.44. The van der Waals surface area contributed by atoms with Gasteiger partial charge in [0.15, 0.2) is 0 Å². The van der Waals surface area contributed by atoms with Gasteiger partial charge in [0.2, 0.25) is 5.88 Å². The summed E-state index contributed by atoms with van der Waals surface area (Å²) in [5, 5.41) is 3.34. The summed E-state index contributed by atoms with van der Waals surface area (Å²) in [6.07, 6.45) is 3.28. The van der Waals surface area contributed by atoms with Gasteiger partial charge in [-0.25, -0.2) is 4.98 Å². The van der Waals surface area contributed by atoms with Gasteiger partial charge in [0, 0.05) is 30.8 Å². The average molecular weight is 190 g/mol. The molecule has 0 bridgehead atoms. The maximum Gasteiger partial charge on any atom is 0.212 e. The SMILES string of the molecule is COc1ccc(C2CC23CNC3)cn1. The molecule has 1 unspecified atom stereocenters. The molecule has 3 rings (SSSR count). The van der Waals surface area contributed by atoms with Crippen LogP contribution in [-0.2, 0) is 0 Å². The minimum absolute atomic E-state index is 0.594. The van der Waals surface area contributed by atoms with Gasteiger partial charge in [-0.1, -0.05) is 6.07 Å². The van der Waals surface area contributed by atoms with E-state index in [-0.39, 0.29) is 0 Å². The van der Waals surface area contributed by atoms with Gasteiger partial charge in [-0.2, -0.15) is 0 Å². The molecule has 0 aromatic carbocycles. The molecular formula is C11H14N2O. The first-order valence-corrected chi connectivity index (χ1v) is 5.05. The molecule has 0 amide bonds. The molecule has 3 heteroatoms. The summed E-state index contributed by atoms with van der Waals surface area (Å²) in [6.45, 7) is 2.37. The molecule has 1 spiro atoms. The van der Waals surface area contributed by atoms with E-state index < -0.39 is 0 Å². The van der Waals surface area contributed by atoms with E-state index >= 15 is 0 Å². The van der Waals surface area contributed by atoms with Crippen molar-refractivity contribution in [3.05, 3.63) is 23.9 Å². The maximum absolute atomic E-state index is 5.04. The third-order valence-corrected chi connectivity index (χ3v) is 3.51. The Morgan fingerprint density at radius 2 is 2.36 bits per heavy atom. The molecule has 14 heavy (non-hydrogen) atoms. The van der Waals surface area contributed by atoms with E-state index in [1.165, 1.54) is 25.1 Å². The highest BCUT2D eigenvalue weighted by Crippen LogP contribution is 2.61. The van der Waals surface area contributed by atoms with Crippen LogP contribution >= 0.6 is 0 Å². The fourth-order valence-corrected chi connectivity index (χ4v) is 2.37. The molecule has 74 valence electrons. The number of aromatic nitrogens is 1. The second-order valence-electron chi connectivity index (χ2n) is 4.36. The molecule has 1 aliphatic carbocycles. The average Bonchev–Trinajstić information content (AvgIpc) is 2.93. The minimum atomic E-state index is 0.594. The number of ether oxygens (including phenoxy) is 1. The smallest absolute Gasteiger partial charge is 0.212 e. The Labute approximate surface area is 83.5 Å². The molecule has 0 radical (unpaired) electrons. The van der Waals surface area contributed by atoms with Crippen LogP contribution in [-0.4, -0.2) is 25.2 Å². The van der Waals surface area contributed by atoms with Gasteiger partial charge in [-0.05, 0) is 17.9 Å². The fourth-order valence-electron chi connectivity index (χ4n) is 2.37. The number of methoxy groups -OCH3 is 1. The zero-order chi connectivity index (χ0) is 9.60. The normalized spacial score (nSPS) is 27.1. The van der Waals surface area contributed by atoms with Crippen molar-refractivity contribution >= 4 is 0 Å². The Morgan fingerprint density at radius 1 is 1.50 bits per heavy atom. The highest BCUT2D eigenvalue weighted by molar-refractivity contribution is 5.32. The number of hydrogen-bond donors (Lipinski definition) is 1. The zero-order valence-electron chi connectivity index (χ0n) is 8.29. The van der Waals surface area contributed by atoms with Crippen molar-refractivity contribution in [3.8, 4) is 5.88 Å². The van der Waals surface area contributed by atoms with E-state index in [4.69, 9.17) is 4.74 Å². The lowest BCUT2D eigenvalue weighted by Gasteiger charge is -2.28. The minimum Gasteiger partial charge on any atom is -0.481 e.